The number of hydrogen-bond donors (Lipinski definition) is 1. The van der Waals surface area contributed by atoms with E-state index < -0.39 is 0 Å². The monoisotopic (exact) mass is 325 g/mol. The van der Waals surface area contributed by atoms with E-state index >= 15 is 0 Å². The third kappa shape index (κ3) is 2.71. The molecule has 4 rings (SSSR count). The Kier molecular flexibility index (Phi) is 3.97. The van der Waals surface area contributed by atoms with E-state index in [2.05, 4.69) is 44.5 Å². The number of fused-ring (bicyclic) bond motifs is 1. The average Bonchev–Trinajstić information content (AvgIpc) is 3.06. The first-order chi connectivity index (χ1) is 11.4. The first-order valence-electron chi connectivity index (χ1n) is 8.00. The summed E-state index contributed by atoms with van der Waals surface area (Å²) in [4.78, 5) is 12.4. The Bertz CT molecular complexity index is 802. The molecule has 1 fully saturated rings. The molecule has 0 radical (unpaired) electrons. The van der Waals surface area contributed by atoms with Gasteiger partial charge in [-0.05, 0) is 24.3 Å². The normalized spacial score (nSPS) is 18.5. The van der Waals surface area contributed by atoms with Crippen LogP contribution in [-0.4, -0.2) is 34.8 Å². The number of aromatic nitrogens is 2. The minimum Gasteiger partial charge on any atom is -0.396 e. The van der Waals surface area contributed by atoms with Crippen molar-refractivity contribution >= 4 is 27.4 Å². The summed E-state index contributed by atoms with van der Waals surface area (Å²) in [5.74, 6) is 1.35. The van der Waals surface area contributed by atoms with Crippen molar-refractivity contribution in [2.45, 2.75) is 12.8 Å². The van der Waals surface area contributed by atoms with E-state index in [-0.39, 0.29) is 6.61 Å². The maximum atomic E-state index is 9.50. The third-order valence-electron chi connectivity index (χ3n) is 4.51. The molecular weight excluding hydrogens is 306 g/mol. The molecule has 0 unspecified atom stereocenters. The molecule has 1 saturated heterocycles. The summed E-state index contributed by atoms with van der Waals surface area (Å²) in [6.45, 7) is 2.11. The van der Waals surface area contributed by atoms with Crippen LogP contribution in [0.15, 0.2) is 42.0 Å². The predicted molar refractivity (Wildman–Crippen MR) is 94.9 cm³/mol. The van der Waals surface area contributed by atoms with Crippen molar-refractivity contribution in [1.82, 2.24) is 9.97 Å². The summed E-state index contributed by atoms with van der Waals surface area (Å²) >= 11 is 1.67. The number of anilines is 1. The maximum absolute atomic E-state index is 9.50. The molecule has 3 aromatic rings. The highest BCUT2D eigenvalue weighted by molar-refractivity contribution is 7.17. The number of rotatable bonds is 3. The van der Waals surface area contributed by atoms with Crippen molar-refractivity contribution in [3.05, 3.63) is 42.0 Å². The van der Waals surface area contributed by atoms with E-state index in [1.807, 2.05) is 6.07 Å². The minimum atomic E-state index is 0.250. The Labute approximate surface area is 139 Å². The van der Waals surface area contributed by atoms with Crippen molar-refractivity contribution in [2.24, 2.45) is 5.92 Å². The number of piperidine rings is 1. The highest BCUT2D eigenvalue weighted by atomic mass is 32.1. The van der Waals surface area contributed by atoms with E-state index in [4.69, 9.17) is 0 Å². The van der Waals surface area contributed by atoms with Crippen molar-refractivity contribution < 1.29 is 5.11 Å². The lowest BCUT2D eigenvalue weighted by Gasteiger charge is -2.33. The molecule has 1 N–H and O–H groups in total. The lowest BCUT2D eigenvalue weighted by Crippen LogP contribution is -2.37. The molecule has 118 valence electrons. The molecular formula is C18H19N3OS. The SMILES string of the molecule is OC[C@@H]1CCCN(c2ncnc3scc(-c4ccccc4)c23)C1. The van der Waals surface area contributed by atoms with Gasteiger partial charge in [-0.3, -0.25) is 0 Å². The summed E-state index contributed by atoms with van der Waals surface area (Å²) in [6.07, 6.45) is 3.85. The van der Waals surface area contributed by atoms with Crippen LogP contribution in [0.25, 0.3) is 21.3 Å². The molecule has 0 spiro atoms. The molecule has 1 aromatic carbocycles. The van der Waals surface area contributed by atoms with E-state index in [9.17, 15) is 5.11 Å². The summed E-state index contributed by atoms with van der Waals surface area (Å²) in [5, 5.41) is 12.8. The average molecular weight is 325 g/mol. The Hall–Kier alpha value is -1.98. The second kappa shape index (κ2) is 6.26. The second-order valence-corrected chi connectivity index (χ2v) is 6.89. The molecule has 23 heavy (non-hydrogen) atoms. The van der Waals surface area contributed by atoms with Gasteiger partial charge in [0, 0.05) is 30.6 Å². The van der Waals surface area contributed by atoms with Crippen LogP contribution in [0.5, 0.6) is 0 Å². The van der Waals surface area contributed by atoms with Crippen LogP contribution in [0.4, 0.5) is 5.82 Å². The van der Waals surface area contributed by atoms with Gasteiger partial charge in [0.25, 0.3) is 0 Å². The lowest BCUT2D eigenvalue weighted by molar-refractivity contribution is 0.208. The fraction of sp³-hybridized carbons (Fsp3) is 0.333. The van der Waals surface area contributed by atoms with Gasteiger partial charge in [0.2, 0.25) is 0 Å². The van der Waals surface area contributed by atoms with Crippen LogP contribution in [-0.2, 0) is 0 Å². The van der Waals surface area contributed by atoms with Gasteiger partial charge in [-0.25, -0.2) is 9.97 Å². The number of thiophene rings is 1. The van der Waals surface area contributed by atoms with Crippen molar-refractivity contribution in [3.63, 3.8) is 0 Å². The highest BCUT2D eigenvalue weighted by Crippen LogP contribution is 2.38. The van der Waals surface area contributed by atoms with Gasteiger partial charge in [0.15, 0.2) is 0 Å². The first-order valence-corrected chi connectivity index (χ1v) is 8.88. The van der Waals surface area contributed by atoms with Gasteiger partial charge in [0.05, 0.1) is 5.39 Å². The molecule has 1 aliphatic heterocycles. The molecule has 0 aliphatic carbocycles. The molecule has 0 bridgehead atoms. The topological polar surface area (TPSA) is 49.2 Å². The van der Waals surface area contributed by atoms with E-state index in [0.29, 0.717) is 5.92 Å². The largest absolute Gasteiger partial charge is 0.396 e. The summed E-state index contributed by atoms with van der Waals surface area (Å²) in [7, 11) is 0. The van der Waals surface area contributed by atoms with Gasteiger partial charge in [-0.2, -0.15) is 0 Å². The smallest absolute Gasteiger partial charge is 0.141 e. The van der Waals surface area contributed by atoms with Crippen molar-refractivity contribution in [3.8, 4) is 11.1 Å². The third-order valence-corrected chi connectivity index (χ3v) is 5.40. The number of hydrogen-bond acceptors (Lipinski definition) is 5. The lowest BCUT2D eigenvalue weighted by atomic mass is 9.98. The summed E-state index contributed by atoms with van der Waals surface area (Å²) in [5.41, 5.74) is 2.40. The molecule has 4 nitrogen and oxygen atoms in total. The molecule has 0 amide bonds. The Balaban J connectivity index is 1.82. The molecule has 2 aromatic heterocycles. The Morgan fingerprint density at radius 2 is 2.09 bits per heavy atom. The summed E-state index contributed by atoms with van der Waals surface area (Å²) in [6, 6.07) is 10.4. The van der Waals surface area contributed by atoms with Crippen molar-refractivity contribution in [1.29, 1.82) is 0 Å². The van der Waals surface area contributed by atoms with Crippen LogP contribution in [0.2, 0.25) is 0 Å². The maximum Gasteiger partial charge on any atom is 0.141 e. The zero-order chi connectivity index (χ0) is 15.6. The zero-order valence-electron chi connectivity index (χ0n) is 12.9. The first kappa shape index (κ1) is 14.6. The Morgan fingerprint density at radius 3 is 2.91 bits per heavy atom. The number of aliphatic hydroxyl groups excluding tert-OH is 1. The van der Waals surface area contributed by atoms with Crippen LogP contribution in [0.3, 0.4) is 0 Å². The molecule has 1 atom stereocenters. The van der Waals surface area contributed by atoms with Crippen LogP contribution < -0.4 is 4.90 Å². The Morgan fingerprint density at radius 1 is 1.22 bits per heavy atom. The molecule has 1 aliphatic rings. The van der Waals surface area contributed by atoms with Gasteiger partial charge >= 0.3 is 0 Å². The quantitative estimate of drug-likeness (QED) is 0.800. The molecule has 0 saturated carbocycles. The minimum absolute atomic E-state index is 0.250. The van der Waals surface area contributed by atoms with Gasteiger partial charge < -0.3 is 10.0 Å². The van der Waals surface area contributed by atoms with Crippen molar-refractivity contribution in [2.75, 3.05) is 24.6 Å². The predicted octanol–water partition coefficient (Wildman–Crippen LogP) is 3.57. The number of benzene rings is 1. The fourth-order valence-electron chi connectivity index (χ4n) is 3.34. The van der Waals surface area contributed by atoms with Gasteiger partial charge in [-0.15, -0.1) is 11.3 Å². The van der Waals surface area contributed by atoms with E-state index in [1.165, 1.54) is 11.1 Å². The standard InChI is InChI=1S/C18H19N3OS/c22-10-13-5-4-8-21(9-13)17-16-15(14-6-2-1-3-7-14)11-23-18(16)20-12-19-17/h1-3,6-7,11-13,22H,4-5,8-10H2/t13-/m1/s1. The number of nitrogens with zero attached hydrogens (tertiary/aromatic N) is 3. The highest BCUT2D eigenvalue weighted by Gasteiger charge is 2.23. The van der Waals surface area contributed by atoms with Gasteiger partial charge in [0.1, 0.15) is 17.0 Å². The molecule has 3 heterocycles. The molecule has 5 heteroatoms. The fourth-order valence-corrected chi connectivity index (χ4v) is 4.25. The van der Waals surface area contributed by atoms with Gasteiger partial charge in [-0.1, -0.05) is 30.3 Å². The van der Waals surface area contributed by atoms with E-state index in [1.54, 1.807) is 17.7 Å². The second-order valence-electron chi connectivity index (χ2n) is 6.03. The zero-order valence-corrected chi connectivity index (χ0v) is 13.7. The summed E-state index contributed by atoms with van der Waals surface area (Å²) < 4.78 is 0. The number of aliphatic hydroxyl groups is 1. The van der Waals surface area contributed by atoms with E-state index in [0.717, 1.165) is 42.0 Å². The van der Waals surface area contributed by atoms with Crippen LogP contribution in [0, 0.1) is 5.92 Å². The van der Waals surface area contributed by atoms with Crippen LogP contribution in [0.1, 0.15) is 12.8 Å². The van der Waals surface area contributed by atoms with Crippen LogP contribution >= 0.6 is 11.3 Å².